The molecule has 0 amide bonds. The zero-order chi connectivity index (χ0) is 13.0. The summed E-state index contributed by atoms with van der Waals surface area (Å²) in [6, 6.07) is 2.50. The molecule has 17 heavy (non-hydrogen) atoms. The number of carboxylic acids is 1. The summed E-state index contributed by atoms with van der Waals surface area (Å²) in [4.78, 5) is 23.5. The molecule has 0 spiro atoms. The molecule has 0 aliphatic heterocycles. The van der Waals surface area contributed by atoms with Gasteiger partial charge in [0.05, 0.1) is 13.7 Å². The molecule has 1 N–H and O–H groups in total. The smallest absolute Gasteiger partial charge is 0.373 e. The van der Waals surface area contributed by atoms with E-state index in [1.54, 1.807) is 24.9 Å². The van der Waals surface area contributed by atoms with Crippen LogP contribution in [0, 0.1) is 0 Å². The van der Waals surface area contributed by atoms with Crippen LogP contribution in [0.3, 0.4) is 0 Å². The lowest BCUT2D eigenvalue weighted by atomic mass is 10.3. The predicted octanol–water partition coefficient (Wildman–Crippen LogP) is 0.971. The standard InChI is InChI=1S/C11H15NO5/c1-7(10(13)14)12(2)6-8-4-5-9(17-8)11(15)16-3/h4-5,7H,6H2,1-3H3,(H,13,14). The lowest BCUT2D eigenvalue weighted by Crippen LogP contribution is -2.35. The highest BCUT2D eigenvalue weighted by Crippen LogP contribution is 2.12. The van der Waals surface area contributed by atoms with E-state index in [0.717, 1.165) is 0 Å². The van der Waals surface area contributed by atoms with Gasteiger partial charge in [0, 0.05) is 0 Å². The van der Waals surface area contributed by atoms with Gasteiger partial charge in [0.25, 0.3) is 0 Å². The second-order valence-electron chi connectivity index (χ2n) is 3.69. The normalized spacial score (nSPS) is 12.5. The number of nitrogens with zero attached hydrogens (tertiary/aromatic N) is 1. The maximum Gasteiger partial charge on any atom is 0.373 e. The fourth-order valence-electron chi connectivity index (χ4n) is 1.24. The molecule has 1 atom stereocenters. The SMILES string of the molecule is COC(=O)c1ccc(CN(C)C(C)C(=O)O)o1. The van der Waals surface area contributed by atoms with Gasteiger partial charge in [0.1, 0.15) is 11.8 Å². The molecule has 0 saturated heterocycles. The summed E-state index contributed by atoms with van der Waals surface area (Å²) in [6.07, 6.45) is 0. The van der Waals surface area contributed by atoms with Gasteiger partial charge in [0.2, 0.25) is 5.76 Å². The predicted molar refractivity (Wildman–Crippen MR) is 58.6 cm³/mol. The summed E-state index contributed by atoms with van der Waals surface area (Å²) >= 11 is 0. The van der Waals surface area contributed by atoms with Gasteiger partial charge in [-0.1, -0.05) is 0 Å². The molecule has 6 heteroatoms. The number of furan rings is 1. The minimum atomic E-state index is -0.910. The molecular formula is C11H15NO5. The number of methoxy groups -OCH3 is 1. The second-order valence-corrected chi connectivity index (χ2v) is 3.69. The van der Waals surface area contributed by atoms with Crippen molar-refractivity contribution in [2.45, 2.75) is 19.5 Å². The number of carbonyl (C=O) groups is 2. The van der Waals surface area contributed by atoms with Crippen LogP contribution in [0.1, 0.15) is 23.2 Å². The van der Waals surface area contributed by atoms with Gasteiger partial charge in [-0.25, -0.2) is 4.79 Å². The molecule has 0 saturated carbocycles. The quantitative estimate of drug-likeness (QED) is 0.774. The number of carboxylic acid groups (broad SMARTS) is 1. The van der Waals surface area contributed by atoms with Crippen molar-refractivity contribution >= 4 is 11.9 Å². The fraction of sp³-hybridized carbons (Fsp3) is 0.455. The fourth-order valence-corrected chi connectivity index (χ4v) is 1.24. The minimum absolute atomic E-state index is 0.110. The third kappa shape index (κ3) is 3.32. The number of hydrogen-bond donors (Lipinski definition) is 1. The van der Waals surface area contributed by atoms with Crippen LogP contribution < -0.4 is 0 Å². The largest absolute Gasteiger partial charge is 0.480 e. The van der Waals surface area contributed by atoms with Crippen molar-refractivity contribution in [3.05, 3.63) is 23.7 Å². The van der Waals surface area contributed by atoms with Crippen LogP contribution in [0.4, 0.5) is 0 Å². The Morgan fingerprint density at radius 1 is 1.53 bits per heavy atom. The average Bonchev–Trinajstić information content (AvgIpc) is 2.75. The molecule has 6 nitrogen and oxygen atoms in total. The first-order valence-electron chi connectivity index (χ1n) is 5.05. The maximum atomic E-state index is 11.1. The van der Waals surface area contributed by atoms with Crippen LogP contribution in [-0.2, 0) is 16.1 Å². The van der Waals surface area contributed by atoms with Crippen LogP contribution in [0.2, 0.25) is 0 Å². The van der Waals surface area contributed by atoms with Crippen molar-refractivity contribution in [2.75, 3.05) is 14.2 Å². The van der Waals surface area contributed by atoms with Crippen LogP contribution in [-0.4, -0.2) is 42.1 Å². The third-order valence-corrected chi connectivity index (χ3v) is 2.47. The van der Waals surface area contributed by atoms with Gasteiger partial charge in [-0.3, -0.25) is 9.69 Å². The van der Waals surface area contributed by atoms with Crippen LogP contribution in [0.5, 0.6) is 0 Å². The molecule has 94 valence electrons. The molecule has 0 aliphatic rings. The number of likely N-dealkylation sites (N-methyl/N-ethyl adjacent to an activating group) is 1. The zero-order valence-corrected chi connectivity index (χ0v) is 9.97. The molecule has 1 unspecified atom stereocenters. The molecule has 0 aliphatic carbocycles. The average molecular weight is 241 g/mol. The molecule has 1 heterocycles. The highest BCUT2D eigenvalue weighted by atomic mass is 16.5. The Morgan fingerprint density at radius 3 is 2.71 bits per heavy atom. The minimum Gasteiger partial charge on any atom is -0.480 e. The Morgan fingerprint density at radius 2 is 2.18 bits per heavy atom. The van der Waals surface area contributed by atoms with Crippen LogP contribution in [0.25, 0.3) is 0 Å². The molecule has 0 aromatic carbocycles. The number of ether oxygens (including phenoxy) is 1. The van der Waals surface area contributed by atoms with Crippen LogP contribution in [0.15, 0.2) is 16.5 Å². The lowest BCUT2D eigenvalue weighted by Gasteiger charge is -2.19. The van der Waals surface area contributed by atoms with E-state index in [1.165, 1.54) is 13.2 Å². The number of hydrogen-bond acceptors (Lipinski definition) is 5. The molecule has 1 rings (SSSR count). The molecule has 0 fully saturated rings. The molecule has 0 radical (unpaired) electrons. The highest BCUT2D eigenvalue weighted by molar-refractivity contribution is 5.86. The Balaban J connectivity index is 2.66. The van der Waals surface area contributed by atoms with Gasteiger partial charge in [-0.05, 0) is 26.1 Å². The summed E-state index contributed by atoms with van der Waals surface area (Å²) in [5.74, 6) is -0.836. The first kappa shape index (κ1) is 13.2. The van der Waals surface area contributed by atoms with E-state index in [0.29, 0.717) is 12.3 Å². The second kappa shape index (κ2) is 5.49. The summed E-state index contributed by atoms with van der Waals surface area (Å²) in [5.41, 5.74) is 0. The van der Waals surface area contributed by atoms with E-state index in [4.69, 9.17) is 9.52 Å². The van der Waals surface area contributed by atoms with Gasteiger partial charge < -0.3 is 14.3 Å². The van der Waals surface area contributed by atoms with E-state index in [-0.39, 0.29) is 5.76 Å². The van der Waals surface area contributed by atoms with Gasteiger partial charge in [-0.15, -0.1) is 0 Å². The lowest BCUT2D eigenvalue weighted by molar-refractivity contribution is -0.142. The molecule has 1 aromatic rings. The topological polar surface area (TPSA) is 80.0 Å². The van der Waals surface area contributed by atoms with E-state index in [9.17, 15) is 9.59 Å². The van der Waals surface area contributed by atoms with Crippen molar-refractivity contribution in [3.8, 4) is 0 Å². The monoisotopic (exact) mass is 241 g/mol. The summed E-state index contributed by atoms with van der Waals surface area (Å²) < 4.78 is 9.73. The van der Waals surface area contributed by atoms with Crippen molar-refractivity contribution in [2.24, 2.45) is 0 Å². The van der Waals surface area contributed by atoms with Gasteiger partial charge >= 0.3 is 11.9 Å². The van der Waals surface area contributed by atoms with Gasteiger partial charge in [0.15, 0.2) is 0 Å². The van der Waals surface area contributed by atoms with Crippen molar-refractivity contribution in [3.63, 3.8) is 0 Å². The van der Waals surface area contributed by atoms with E-state index < -0.39 is 18.0 Å². The van der Waals surface area contributed by atoms with Crippen molar-refractivity contribution in [1.82, 2.24) is 4.90 Å². The Labute approximate surface area is 98.8 Å². The molecule has 0 bridgehead atoms. The molecule has 1 aromatic heterocycles. The van der Waals surface area contributed by atoms with Gasteiger partial charge in [-0.2, -0.15) is 0 Å². The van der Waals surface area contributed by atoms with E-state index in [1.807, 2.05) is 0 Å². The zero-order valence-electron chi connectivity index (χ0n) is 9.97. The first-order valence-corrected chi connectivity index (χ1v) is 5.05. The van der Waals surface area contributed by atoms with E-state index >= 15 is 0 Å². The number of carbonyl (C=O) groups excluding carboxylic acids is 1. The van der Waals surface area contributed by atoms with E-state index in [2.05, 4.69) is 4.74 Å². The highest BCUT2D eigenvalue weighted by Gasteiger charge is 2.19. The Kier molecular flexibility index (Phi) is 4.28. The summed E-state index contributed by atoms with van der Waals surface area (Å²) in [6.45, 7) is 1.89. The number of aliphatic carboxylic acids is 1. The van der Waals surface area contributed by atoms with Crippen LogP contribution >= 0.6 is 0 Å². The Bertz CT molecular complexity index is 412. The Hall–Kier alpha value is -1.82. The van der Waals surface area contributed by atoms with Crippen molar-refractivity contribution < 1.29 is 23.8 Å². The third-order valence-electron chi connectivity index (χ3n) is 2.47. The number of esters is 1. The first-order chi connectivity index (χ1) is 7.95. The summed E-state index contributed by atoms with van der Waals surface area (Å²) in [7, 11) is 2.93. The summed E-state index contributed by atoms with van der Waals surface area (Å²) in [5, 5.41) is 8.82. The molecular weight excluding hydrogens is 226 g/mol. The number of rotatable bonds is 5. The van der Waals surface area contributed by atoms with Crippen molar-refractivity contribution in [1.29, 1.82) is 0 Å². The maximum absolute atomic E-state index is 11.1.